The molecule has 0 spiro atoms. The van der Waals surface area contributed by atoms with Crippen LogP contribution in [-0.2, 0) is 13.0 Å². The average molecular weight is 461 g/mol. The lowest BCUT2D eigenvalue weighted by molar-refractivity contribution is 0.0982. The number of hydrogen-bond donors (Lipinski definition) is 1. The number of fused-ring (bicyclic) bond motifs is 1. The Morgan fingerprint density at radius 3 is 2.59 bits per heavy atom. The fraction of sp³-hybridized carbons (Fsp3) is 0.286. The number of rotatable bonds is 7. The molecule has 6 heteroatoms. The molecule has 0 aliphatic heterocycles. The maximum atomic E-state index is 13.7. The molecule has 1 N–H and O–H groups in total. The van der Waals surface area contributed by atoms with E-state index in [4.69, 9.17) is 0 Å². The number of aryl methyl sites for hydroxylation is 1. The quantitative estimate of drug-likeness (QED) is 0.319. The van der Waals surface area contributed by atoms with Gasteiger partial charge < -0.3 is 9.67 Å². The molecule has 1 aliphatic rings. The molecule has 174 valence electrons. The van der Waals surface area contributed by atoms with Gasteiger partial charge in [-0.2, -0.15) is 0 Å². The first-order valence-corrected chi connectivity index (χ1v) is 11.7. The number of aromatic hydroxyl groups is 1. The molecule has 2 aromatic carbocycles. The molecule has 4 nitrogen and oxygen atoms in total. The molecule has 1 saturated carbocycles. The Morgan fingerprint density at radius 1 is 1.03 bits per heavy atom. The zero-order chi connectivity index (χ0) is 23.7. The van der Waals surface area contributed by atoms with Gasteiger partial charge in [0.1, 0.15) is 5.75 Å². The van der Waals surface area contributed by atoms with Crippen molar-refractivity contribution in [1.82, 2.24) is 9.55 Å². The van der Waals surface area contributed by atoms with E-state index in [-0.39, 0.29) is 23.9 Å². The van der Waals surface area contributed by atoms with E-state index in [0.717, 1.165) is 60.1 Å². The smallest absolute Gasteiger partial charge is 0.165 e. The summed E-state index contributed by atoms with van der Waals surface area (Å²) in [5.74, 6) is -1.50. The summed E-state index contributed by atoms with van der Waals surface area (Å²) in [6, 6.07) is 14.7. The van der Waals surface area contributed by atoms with Gasteiger partial charge in [0.2, 0.25) is 0 Å². The van der Waals surface area contributed by atoms with Gasteiger partial charge in [0, 0.05) is 34.8 Å². The van der Waals surface area contributed by atoms with Crippen LogP contribution in [0.3, 0.4) is 0 Å². The lowest BCUT2D eigenvalue weighted by atomic mass is 9.93. The monoisotopic (exact) mass is 460 g/mol. The van der Waals surface area contributed by atoms with Gasteiger partial charge in [0.15, 0.2) is 17.4 Å². The van der Waals surface area contributed by atoms with Crippen LogP contribution in [0.2, 0.25) is 0 Å². The first-order chi connectivity index (χ1) is 16.5. The molecule has 0 unspecified atom stereocenters. The molecule has 1 aliphatic carbocycles. The minimum Gasteiger partial charge on any atom is -0.508 e. The van der Waals surface area contributed by atoms with Crippen LogP contribution in [0.1, 0.15) is 65.3 Å². The number of Topliss-reactive ketones (excluding diaryl/α,β-unsaturated/α-hetero) is 1. The number of nitrogens with zero attached hydrogens (tertiary/aromatic N) is 2. The number of ketones is 1. The number of phenols is 1. The van der Waals surface area contributed by atoms with Gasteiger partial charge in [-0.15, -0.1) is 0 Å². The molecule has 0 atom stereocenters. The van der Waals surface area contributed by atoms with Crippen LogP contribution in [-0.4, -0.2) is 20.4 Å². The summed E-state index contributed by atoms with van der Waals surface area (Å²) in [4.78, 5) is 18.2. The van der Waals surface area contributed by atoms with Crippen LogP contribution < -0.4 is 0 Å². The zero-order valence-corrected chi connectivity index (χ0v) is 18.8. The van der Waals surface area contributed by atoms with E-state index in [1.165, 1.54) is 6.07 Å². The molecule has 5 rings (SSSR count). The van der Waals surface area contributed by atoms with E-state index < -0.39 is 11.6 Å². The minimum absolute atomic E-state index is 0.0537. The summed E-state index contributed by atoms with van der Waals surface area (Å²) in [6.45, 7) is 0.532. The van der Waals surface area contributed by atoms with Crippen LogP contribution in [0.4, 0.5) is 8.78 Å². The Hall–Kier alpha value is -3.54. The molecule has 0 saturated heterocycles. The number of aromatic nitrogens is 2. The topological polar surface area (TPSA) is 55.1 Å². The summed E-state index contributed by atoms with van der Waals surface area (Å²) in [7, 11) is 0. The predicted molar refractivity (Wildman–Crippen MR) is 127 cm³/mol. The fourth-order valence-electron chi connectivity index (χ4n) is 5.18. The van der Waals surface area contributed by atoms with Gasteiger partial charge >= 0.3 is 0 Å². The Balaban J connectivity index is 1.58. The highest BCUT2D eigenvalue weighted by atomic mass is 19.2. The second-order valence-corrected chi connectivity index (χ2v) is 9.02. The molecule has 4 aromatic rings. The zero-order valence-electron chi connectivity index (χ0n) is 18.8. The molecule has 2 aromatic heterocycles. The Bertz CT molecular complexity index is 1340. The summed E-state index contributed by atoms with van der Waals surface area (Å²) in [5, 5.41) is 11.0. The molecular weight excluding hydrogens is 434 g/mol. The van der Waals surface area contributed by atoms with Crippen molar-refractivity contribution in [3.05, 3.63) is 94.9 Å². The second-order valence-electron chi connectivity index (χ2n) is 9.02. The minimum atomic E-state index is -0.909. The fourth-order valence-corrected chi connectivity index (χ4v) is 5.18. The normalized spacial score (nSPS) is 14.2. The van der Waals surface area contributed by atoms with Crippen molar-refractivity contribution in [1.29, 1.82) is 0 Å². The summed E-state index contributed by atoms with van der Waals surface area (Å²) in [5.41, 5.74) is 4.00. The molecule has 0 amide bonds. The first kappa shape index (κ1) is 22.3. The highest BCUT2D eigenvalue weighted by molar-refractivity contribution is 6.10. The Kier molecular flexibility index (Phi) is 6.14. The standard InChI is InChI=1S/C28H26F2N2O2/c29-23-11-8-18(15-24(23)30)9-13-26(34)27-22-16-21(33)10-12-25(22)32(17-20-7-3-4-14-31-20)28(27)19-5-1-2-6-19/h3-4,7-8,10-12,14-16,19,33H,1-2,5-6,9,13,17H2. The van der Waals surface area contributed by atoms with Crippen molar-refractivity contribution in [2.75, 3.05) is 0 Å². The van der Waals surface area contributed by atoms with Crippen molar-refractivity contribution in [2.24, 2.45) is 0 Å². The highest BCUT2D eigenvalue weighted by Crippen LogP contribution is 2.41. The summed E-state index contributed by atoms with van der Waals surface area (Å²) in [6.07, 6.45) is 6.49. The van der Waals surface area contributed by atoms with E-state index >= 15 is 0 Å². The third-order valence-electron chi connectivity index (χ3n) is 6.78. The van der Waals surface area contributed by atoms with Crippen LogP contribution in [0.25, 0.3) is 10.9 Å². The lowest BCUT2D eigenvalue weighted by Gasteiger charge is -2.17. The third-order valence-corrected chi connectivity index (χ3v) is 6.78. The van der Waals surface area contributed by atoms with E-state index in [0.29, 0.717) is 24.1 Å². The van der Waals surface area contributed by atoms with Gasteiger partial charge in [0.05, 0.1) is 12.2 Å². The van der Waals surface area contributed by atoms with Gasteiger partial charge in [-0.25, -0.2) is 8.78 Å². The maximum Gasteiger partial charge on any atom is 0.165 e. The van der Waals surface area contributed by atoms with Crippen LogP contribution in [0, 0.1) is 11.6 Å². The van der Waals surface area contributed by atoms with E-state index in [1.54, 1.807) is 18.3 Å². The summed E-state index contributed by atoms with van der Waals surface area (Å²) >= 11 is 0. The van der Waals surface area contributed by atoms with Gasteiger partial charge in [-0.3, -0.25) is 9.78 Å². The molecule has 34 heavy (non-hydrogen) atoms. The number of halogens is 2. The van der Waals surface area contributed by atoms with E-state index in [2.05, 4.69) is 9.55 Å². The largest absolute Gasteiger partial charge is 0.508 e. The number of hydrogen-bond acceptors (Lipinski definition) is 3. The van der Waals surface area contributed by atoms with Crippen LogP contribution in [0.15, 0.2) is 60.8 Å². The number of carbonyl (C=O) groups is 1. The van der Waals surface area contributed by atoms with Crippen molar-refractivity contribution in [3.63, 3.8) is 0 Å². The molecule has 0 radical (unpaired) electrons. The van der Waals surface area contributed by atoms with Crippen LogP contribution in [0.5, 0.6) is 5.75 Å². The lowest BCUT2D eigenvalue weighted by Crippen LogP contribution is -2.12. The molecule has 1 fully saturated rings. The highest BCUT2D eigenvalue weighted by Gasteiger charge is 2.30. The number of carbonyl (C=O) groups excluding carboxylic acids is 1. The Labute approximate surface area is 196 Å². The van der Waals surface area contributed by atoms with Crippen molar-refractivity contribution in [2.45, 2.75) is 51.0 Å². The number of benzene rings is 2. The van der Waals surface area contributed by atoms with Crippen LogP contribution >= 0.6 is 0 Å². The van der Waals surface area contributed by atoms with Gasteiger partial charge in [-0.05, 0) is 73.2 Å². The van der Waals surface area contributed by atoms with Crippen molar-refractivity contribution >= 4 is 16.7 Å². The molecule has 2 heterocycles. The molecular formula is C28H26F2N2O2. The van der Waals surface area contributed by atoms with Crippen molar-refractivity contribution < 1.29 is 18.7 Å². The molecule has 0 bridgehead atoms. The third kappa shape index (κ3) is 4.32. The van der Waals surface area contributed by atoms with E-state index in [1.807, 2.05) is 24.3 Å². The summed E-state index contributed by atoms with van der Waals surface area (Å²) < 4.78 is 29.1. The number of pyridine rings is 1. The second kappa shape index (κ2) is 9.37. The average Bonchev–Trinajstić information content (AvgIpc) is 3.47. The van der Waals surface area contributed by atoms with Gasteiger partial charge in [-0.1, -0.05) is 25.0 Å². The predicted octanol–water partition coefficient (Wildman–Crippen LogP) is 6.54. The Morgan fingerprint density at radius 2 is 1.85 bits per heavy atom. The van der Waals surface area contributed by atoms with Gasteiger partial charge in [0.25, 0.3) is 0 Å². The van der Waals surface area contributed by atoms with Crippen molar-refractivity contribution in [3.8, 4) is 5.75 Å². The number of phenolic OH excluding ortho intramolecular Hbond substituents is 1. The van der Waals surface area contributed by atoms with E-state index in [9.17, 15) is 18.7 Å². The SMILES string of the molecule is O=C(CCc1ccc(F)c(F)c1)c1c(C2CCCC2)n(Cc2ccccn2)c2ccc(O)cc12. The first-order valence-electron chi connectivity index (χ1n) is 11.7. The maximum absolute atomic E-state index is 13.7.